The molecular weight excluding hydrogens is 268 g/mol. The molecule has 1 atom stereocenters. The lowest BCUT2D eigenvalue weighted by atomic mass is 9.86. The number of hydrogen-bond acceptors (Lipinski definition) is 4. The number of amides is 1. The van der Waals surface area contributed by atoms with E-state index in [2.05, 4.69) is 15.4 Å². The molecule has 1 aromatic rings. The number of aryl methyl sites for hydroxylation is 1. The monoisotopic (exact) mass is 292 g/mol. The van der Waals surface area contributed by atoms with Crippen LogP contribution in [0.5, 0.6) is 0 Å². The van der Waals surface area contributed by atoms with Gasteiger partial charge in [-0.25, -0.2) is 9.67 Å². The summed E-state index contributed by atoms with van der Waals surface area (Å²) in [4.78, 5) is 16.8. The van der Waals surface area contributed by atoms with Crippen LogP contribution in [0.3, 0.4) is 0 Å². The van der Waals surface area contributed by atoms with E-state index in [1.54, 1.807) is 6.33 Å². The van der Waals surface area contributed by atoms with Gasteiger partial charge in [0.05, 0.1) is 12.1 Å². The zero-order valence-corrected chi connectivity index (χ0v) is 12.5. The molecule has 2 fully saturated rings. The molecule has 21 heavy (non-hydrogen) atoms. The Labute approximate surface area is 124 Å². The molecule has 0 aliphatic heterocycles. The topological polar surface area (TPSA) is 80.0 Å². The maximum atomic E-state index is 12.5. The van der Waals surface area contributed by atoms with E-state index in [1.165, 1.54) is 0 Å². The first kappa shape index (κ1) is 14.5. The molecule has 116 valence electrons. The average molecular weight is 292 g/mol. The van der Waals surface area contributed by atoms with Gasteiger partial charge >= 0.3 is 0 Å². The molecule has 6 heteroatoms. The van der Waals surface area contributed by atoms with Crippen molar-refractivity contribution in [3.8, 4) is 0 Å². The van der Waals surface area contributed by atoms with Crippen LogP contribution in [-0.4, -0.2) is 31.9 Å². The first-order valence-electron chi connectivity index (χ1n) is 8.05. The lowest BCUT2D eigenvalue weighted by Crippen LogP contribution is -2.38. The molecule has 0 saturated heterocycles. The molecule has 1 heterocycles. The van der Waals surface area contributed by atoms with Crippen molar-refractivity contribution in [1.82, 2.24) is 20.1 Å². The molecule has 2 saturated carbocycles. The van der Waals surface area contributed by atoms with E-state index in [1.807, 2.05) is 11.6 Å². The summed E-state index contributed by atoms with van der Waals surface area (Å²) >= 11 is 0. The van der Waals surface area contributed by atoms with Gasteiger partial charge in [0, 0.05) is 12.5 Å². The van der Waals surface area contributed by atoms with Gasteiger partial charge in [-0.3, -0.25) is 4.79 Å². The molecule has 6 nitrogen and oxygen atoms in total. The van der Waals surface area contributed by atoms with Gasteiger partial charge in [-0.2, -0.15) is 5.10 Å². The largest absolute Gasteiger partial charge is 0.393 e. The van der Waals surface area contributed by atoms with Gasteiger partial charge in [-0.1, -0.05) is 0 Å². The number of carbonyl (C=O) groups excluding carboxylic acids is 1. The van der Waals surface area contributed by atoms with E-state index < -0.39 is 0 Å². The Bertz CT molecular complexity index is 490. The maximum Gasteiger partial charge on any atom is 0.223 e. The van der Waals surface area contributed by atoms with Crippen molar-refractivity contribution in [3.05, 3.63) is 12.2 Å². The van der Waals surface area contributed by atoms with E-state index >= 15 is 0 Å². The Balaban J connectivity index is 1.67. The fourth-order valence-electron chi connectivity index (χ4n) is 3.19. The smallest absolute Gasteiger partial charge is 0.223 e. The van der Waals surface area contributed by atoms with Crippen LogP contribution in [0.4, 0.5) is 0 Å². The molecule has 2 aliphatic rings. The third-order valence-electron chi connectivity index (χ3n) is 4.68. The number of aromatic nitrogens is 3. The van der Waals surface area contributed by atoms with E-state index in [4.69, 9.17) is 0 Å². The van der Waals surface area contributed by atoms with Crippen LogP contribution in [0.1, 0.15) is 57.3 Å². The van der Waals surface area contributed by atoms with Crippen LogP contribution in [-0.2, 0) is 11.3 Å². The first-order valence-corrected chi connectivity index (χ1v) is 8.05. The summed E-state index contributed by atoms with van der Waals surface area (Å²) in [6.45, 7) is 2.80. The highest BCUT2D eigenvalue weighted by Gasteiger charge is 2.37. The zero-order valence-electron chi connectivity index (χ0n) is 12.5. The van der Waals surface area contributed by atoms with Crippen LogP contribution < -0.4 is 5.32 Å². The summed E-state index contributed by atoms with van der Waals surface area (Å²) in [7, 11) is 0. The summed E-state index contributed by atoms with van der Waals surface area (Å²) in [5, 5.41) is 17.0. The Morgan fingerprint density at radius 1 is 1.38 bits per heavy atom. The highest BCUT2D eigenvalue weighted by molar-refractivity contribution is 5.79. The predicted octanol–water partition coefficient (Wildman–Crippen LogP) is 1.42. The third-order valence-corrected chi connectivity index (χ3v) is 4.68. The molecule has 3 rings (SSSR count). The van der Waals surface area contributed by atoms with E-state index in [-0.39, 0.29) is 24.0 Å². The van der Waals surface area contributed by atoms with Gasteiger partial charge in [0.25, 0.3) is 0 Å². The summed E-state index contributed by atoms with van der Waals surface area (Å²) < 4.78 is 1.87. The molecule has 2 aliphatic carbocycles. The minimum absolute atomic E-state index is 0.00759. The molecule has 0 aromatic carbocycles. The lowest BCUT2D eigenvalue weighted by molar-refractivity contribution is -0.127. The molecule has 0 unspecified atom stereocenters. The van der Waals surface area contributed by atoms with Gasteiger partial charge in [0.15, 0.2) is 0 Å². The second-order valence-corrected chi connectivity index (χ2v) is 6.26. The Hall–Kier alpha value is -1.43. The molecule has 0 radical (unpaired) electrons. The minimum atomic E-state index is -0.225. The number of rotatable bonds is 5. The van der Waals surface area contributed by atoms with Crippen molar-refractivity contribution < 1.29 is 9.90 Å². The molecular formula is C15H24N4O2. The fourth-order valence-corrected chi connectivity index (χ4v) is 3.19. The number of nitrogens with one attached hydrogen (secondary N) is 1. The Morgan fingerprint density at radius 3 is 2.71 bits per heavy atom. The standard InChI is InChI=1S/C15H24N4O2/c1-2-19-14(16-9-17-19)13(10-3-4-10)18-15(21)11-5-7-12(20)8-6-11/h9-13,20H,2-8H2,1H3,(H,18,21)/t11?,12?,13-/m1/s1. The van der Waals surface area contributed by atoms with Gasteiger partial charge < -0.3 is 10.4 Å². The highest BCUT2D eigenvalue weighted by Crippen LogP contribution is 2.40. The molecule has 2 N–H and O–H groups in total. The number of aliphatic hydroxyl groups is 1. The Morgan fingerprint density at radius 2 is 2.10 bits per heavy atom. The molecule has 0 bridgehead atoms. The van der Waals surface area contributed by atoms with Crippen molar-refractivity contribution in [2.45, 2.75) is 64.1 Å². The normalized spacial score (nSPS) is 27.3. The summed E-state index contributed by atoms with van der Waals surface area (Å²) in [5.41, 5.74) is 0. The number of aliphatic hydroxyl groups excluding tert-OH is 1. The van der Waals surface area contributed by atoms with E-state index in [9.17, 15) is 9.90 Å². The van der Waals surface area contributed by atoms with E-state index in [0.29, 0.717) is 5.92 Å². The summed E-state index contributed by atoms with van der Waals surface area (Å²) in [6.07, 6.45) is 6.66. The highest BCUT2D eigenvalue weighted by atomic mass is 16.3. The molecule has 1 amide bonds. The summed E-state index contributed by atoms with van der Waals surface area (Å²) in [6, 6.07) is -0.00759. The van der Waals surface area contributed by atoms with Crippen molar-refractivity contribution in [2.24, 2.45) is 11.8 Å². The van der Waals surface area contributed by atoms with Crippen LogP contribution in [0.15, 0.2) is 6.33 Å². The summed E-state index contributed by atoms with van der Waals surface area (Å²) in [5.74, 6) is 1.53. The molecule has 0 spiro atoms. The predicted molar refractivity (Wildman–Crippen MR) is 77.3 cm³/mol. The van der Waals surface area contributed by atoms with Crippen molar-refractivity contribution in [1.29, 1.82) is 0 Å². The SMILES string of the molecule is CCn1ncnc1[C@H](NC(=O)C1CCC(O)CC1)C1CC1. The number of nitrogens with zero attached hydrogens (tertiary/aromatic N) is 3. The first-order chi connectivity index (χ1) is 10.2. The Kier molecular flexibility index (Phi) is 4.24. The second-order valence-electron chi connectivity index (χ2n) is 6.26. The third kappa shape index (κ3) is 3.26. The minimum Gasteiger partial charge on any atom is -0.393 e. The van der Waals surface area contributed by atoms with Crippen LogP contribution >= 0.6 is 0 Å². The quantitative estimate of drug-likeness (QED) is 0.860. The van der Waals surface area contributed by atoms with Gasteiger partial charge in [0.1, 0.15) is 12.2 Å². The fraction of sp³-hybridized carbons (Fsp3) is 0.800. The number of hydrogen-bond donors (Lipinski definition) is 2. The zero-order chi connectivity index (χ0) is 14.8. The van der Waals surface area contributed by atoms with Gasteiger partial charge in [-0.05, 0) is 51.4 Å². The lowest BCUT2D eigenvalue weighted by Gasteiger charge is -2.27. The average Bonchev–Trinajstić information content (AvgIpc) is 3.22. The van der Waals surface area contributed by atoms with Gasteiger partial charge in [0.2, 0.25) is 5.91 Å². The van der Waals surface area contributed by atoms with Crippen molar-refractivity contribution in [2.75, 3.05) is 0 Å². The molecule has 1 aromatic heterocycles. The maximum absolute atomic E-state index is 12.5. The van der Waals surface area contributed by atoms with Crippen LogP contribution in [0.25, 0.3) is 0 Å². The van der Waals surface area contributed by atoms with Crippen LogP contribution in [0, 0.1) is 11.8 Å². The van der Waals surface area contributed by atoms with Crippen LogP contribution in [0.2, 0.25) is 0 Å². The van der Waals surface area contributed by atoms with Gasteiger partial charge in [-0.15, -0.1) is 0 Å². The van der Waals surface area contributed by atoms with Crippen molar-refractivity contribution in [3.63, 3.8) is 0 Å². The van der Waals surface area contributed by atoms with E-state index in [0.717, 1.165) is 50.9 Å². The number of carbonyl (C=O) groups is 1. The van der Waals surface area contributed by atoms with Crippen molar-refractivity contribution >= 4 is 5.91 Å². The second kappa shape index (κ2) is 6.13.